The summed E-state index contributed by atoms with van der Waals surface area (Å²) in [4.78, 5) is 4.36. The van der Waals surface area contributed by atoms with Gasteiger partial charge in [0.15, 0.2) is 0 Å². The second-order valence-electron chi connectivity index (χ2n) is 4.80. The van der Waals surface area contributed by atoms with E-state index in [4.69, 9.17) is 12.2 Å². The molecule has 0 spiro atoms. The van der Waals surface area contributed by atoms with E-state index in [2.05, 4.69) is 17.1 Å². The van der Waals surface area contributed by atoms with Crippen LogP contribution in [0, 0.1) is 6.92 Å². The third-order valence-corrected chi connectivity index (χ3v) is 4.16. The zero-order valence-corrected chi connectivity index (χ0v) is 10.4. The second kappa shape index (κ2) is 3.80. The van der Waals surface area contributed by atoms with Gasteiger partial charge in [-0.15, -0.1) is 0 Å². The van der Waals surface area contributed by atoms with Crippen LogP contribution in [-0.2, 0) is 25.7 Å². The van der Waals surface area contributed by atoms with E-state index in [1.807, 2.05) is 0 Å². The van der Waals surface area contributed by atoms with Crippen molar-refractivity contribution in [3.63, 3.8) is 0 Å². The summed E-state index contributed by atoms with van der Waals surface area (Å²) in [6.07, 6.45) is 7.37. The van der Waals surface area contributed by atoms with Crippen LogP contribution in [0.3, 0.4) is 0 Å². The van der Waals surface area contributed by atoms with Crippen LogP contribution in [0.5, 0.6) is 0 Å². The Kier molecular flexibility index (Phi) is 2.42. The summed E-state index contributed by atoms with van der Waals surface area (Å²) in [6, 6.07) is 0. The molecule has 0 amide bonds. The minimum Gasteiger partial charge on any atom is -0.194 e. The molecule has 2 heteroatoms. The molecule has 0 radical (unpaired) electrons. The third-order valence-electron chi connectivity index (χ3n) is 4.07. The second-order valence-corrected chi connectivity index (χ2v) is 4.98. The van der Waals surface area contributed by atoms with E-state index in [1.54, 1.807) is 16.7 Å². The molecular weight excluding hydrogens is 214 g/mol. The molecule has 2 aliphatic rings. The normalized spacial score (nSPS) is 16.8. The van der Waals surface area contributed by atoms with Gasteiger partial charge >= 0.3 is 0 Å². The summed E-state index contributed by atoms with van der Waals surface area (Å²) in [5, 5.41) is 2.57. The minimum absolute atomic E-state index is 1.18. The lowest BCUT2D eigenvalue weighted by Gasteiger charge is -2.14. The summed E-state index contributed by atoms with van der Waals surface area (Å²) in [5.74, 6) is 0. The van der Waals surface area contributed by atoms with Crippen molar-refractivity contribution in [3.8, 4) is 0 Å². The van der Waals surface area contributed by atoms with Gasteiger partial charge in [-0.05, 0) is 85.5 Å². The van der Waals surface area contributed by atoms with Gasteiger partial charge in [-0.25, -0.2) is 0 Å². The summed E-state index contributed by atoms with van der Waals surface area (Å²) in [7, 11) is 0. The number of fused-ring (bicyclic) bond motifs is 2. The Labute approximate surface area is 102 Å². The van der Waals surface area contributed by atoms with E-state index >= 15 is 0 Å². The van der Waals surface area contributed by atoms with E-state index < -0.39 is 0 Å². The highest BCUT2D eigenvalue weighted by atomic mass is 32.1. The molecule has 0 heterocycles. The van der Waals surface area contributed by atoms with Crippen LogP contribution in [0.25, 0.3) is 0 Å². The molecule has 0 fully saturated rings. The van der Waals surface area contributed by atoms with Crippen LogP contribution in [0.2, 0.25) is 0 Å². The molecule has 3 rings (SSSR count). The molecule has 82 valence electrons. The Balaban J connectivity index is 2.35. The number of hydrogen-bond donors (Lipinski definition) is 0. The molecule has 0 N–H and O–H groups in total. The maximum atomic E-state index is 4.79. The largest absolute Gasteiger partial charge is 0.194 e. The van der Waals surface area contributed by atoms with Crippen LogP contribution in [0.1, 0.15) is 40.7 Å². The Bertz CT molecular complexity index is 475. The van der Waals surface area contributed by atoms with Crippen LogP contribution >= 0.6 is 12.2 Å². The lowest BCUT2D eigenvalue weighted by atomic mass is 9.93. The predicted octanol–water partition coefficient (Wildman–Crippen LogP) is 3.71. The number of nitrogens with zero attached hydrogens (tertiary/aromatic N) is 1. The van der Waals surface area contributed by atoms with Crippen molar-refractivity contribution >= 4 is 23.1 Å². The van der Waals surface area contributed by atoms with E-state index in [-0.39, 0.29) is 0 Å². The molecule has 0 atom stereocenters. The van der Waals surface area contributed by atoms with Gasteiger partial charge < -0.3 is 0 Å². The van der Waals surface area contributed by atoms with Crippen molar-refractivity contribution in [1.82, 2.24) is 0 Å². The van der Waals surface area contributed by atoms with Gasteiger partial charge in [-0.3, -0.25) is 0 Å². The van der Waals surface area contributed by atoms with E-state index in [0.29, 0.717) is 0 Å². The zero-order chi connectivity index (χ0) is 11.1. The first-order chi connectivity index (χ1) is 7.83. The molecule has 1 aromatic rings. The summed E-state index contributed by atoms with van der Waals surface area (Å²) < 4.78 is 0. The monoisotopic (exact) mass is 229 g/mol. The molecule has 1 nitrogen and oxygen atoms in total. The van der Waals surface area contributed by atoms with Crippen molar-refractivity contribution < 1.29 is 0 Å². The summed E-state index contributed by atoms with van der Waals surface area (Å²) in [6.45, 7) is 2.29. The zero-order valence-electron chi connectivity index (χ0n) is 9.60. The summed E-state index contributed by atoms with van der Waals surface area (Å²) in [5.41, 5.74) is 8.78. The SMILES string of the molecule is Cc1c2c(c(N=C=S)c3c1CCC3)CCC2. The van der Waals surface area contributed by atoms with Crippen LogP contribution < -0.4 is 0 Å². The van der Waals surface area contributed by atoms with Gasteiger partial charge in [0.25, 0.3) is 0 Å². The minimum atomic E-state index is 1.18. The number of hydrogen-bond acceptors (Lipinski definition) is 2. The Hall–Kier alpha value is -0.980. The van der Waals surface area contributed by atoms with Crippen molar-refractivity contribution in [1.29, 1.82) is 0 Å². The molecule has 0 saturated carbocycles. The van der Waals surface area contributed by atoms with Gasteiger partial charge in [0, 0.05) is 0 Å². The molecular formula is C14H15NS. The fourth-order valence-electron chi connectivity index (χ4n) is 3.38. The first-order valence-corrected chi connectivity index (χ1v) is 6.47. The molecule has 0 saturated heterocycles. The first-order valence-electron chi connectivity index (χ1n) is 6.07. The highest BCUT2D eigenvalue weighted by molar-refractivity contribution is 7.78. The van der Waals surface area contributed by atoms with Gasteiger partial charge in [-0.2, -0.15) is 4.99 Å². The van der Waals surface area contributed by atoms with Gasteiger partial charge in [0.2, 0.25) is 0 Å². The van der Waals surface area contributed by atoms with Crippen LogP contribution in [0.4, 0.5) is 5.69 Å². The Morgan fingerprint density at radius 2 is 1.44 bits per heavy atom. The highest BCUT2D eigenvalue weighted by Gasteiger charge is 2.26. The average Bonchev–Trinajstić information content (AvgIpc) is 2.92. The lowest BCUT2D eigenvalue weighted by molar-refractivity contribution is 0.893. The molecule has 0 aliphatic heterocycles. The quantitative estimate of drug-likeness (QED) is 0.528. The smallest absolute Gasteiger partial charge is 0.0809 e. The van der Waals surface area contributed by atoms with Crippen LogP contribution in [-0.4, -0.2) is 5.16 Å². The maximum absolute atomic E-state index is 4.79. The van der Waals surface area contributed by atoms with E-state index in [0.717, 1.165) is 0 Å². The van der Waals surface area contributed by atoms with Gasteiger partial charge in [-0.1, -0.05) is 0 Å². The van der Waals surface area contributed by atoms with Crippen molar-refractivity contribution in [2.75, 3.05) is 0 Å². The molecule has 0 unspecified atom stereocenters. The van der Waals surface area contributed by atoms with Gasteiger partial charge in [0.1, 0.15) is 0 Å². The highest BCUT2D eigenvalue weighted by Crippen LogP contribution is 2.42. The van der Waals surface area contributed by atoms with E-state index in [9.17, 15) is 0 Å². The number of isothiocyanates is 1. The van der Waals surface area contributed by atoms with Crippen LogP contribution in [0.15, 0.2) is 4.99 Å². The molecule has 2 aliphatic carbocycles. The van der Waals surface area contributed by atoms with Crippen molar-refractivity contribution in [2.24, 2.45) is 4.99 Å². The van der Waals surface area contributed by atoms with Crippen molar-refractivity contribution in [3.05, 3.63) is 27.8 Å². The molecule has 1 aromatic carbocycles. The fraction of sp³-hybridized carbons (Fsp3) is 0.500. The lowest BCUT2D eigenvalue weighted by Crippen LogP contribution is -1.97. The number of aliphatic imine (C=N–C) groups is 1. The standard InChI is InChI=1S/C14H15NS/c1-9-10-4-2-6-12(10)14(15-8-16)13-7-3-5-11(9)13/h2-7H2,1H3. The summed E-state index contributed by atoms with van der Waals surface area (Å²) >= 11 is 4.79. The number of thiocarbonyl (C=S) groups is 1. The maximum Gasteiger partial charge on any atom is 0.0809 e. The predicted molar refractivity (Wildman–Crippen MR) is 69.9 cm³/mol. The molecule has 0 aromatic heterocycles. The fourth-order valence-corrected chi connectivity index (χ4v) is 3.47. The van der Waals surface area contributed by atoms with Gasteiger partial charge in [0.05, 0.1) is 10.8 Å². The first kappa shape index (κ1) is 10.2. The molecule has 0 bridgehead atoms. The average molecular weight is 229 g/mol. The molecule has 16 heavy (non-hydrogen) atoms. The third kappa shape index (κ3) is 1.30. The Morgan fingerprint density at radius 3 is 1.94 bits per heavy atom. The Morgan fingerprint density at radius 1 is 0.938 bits per heavy atom. The van der Waals surface area contributed by atoms with E-state index in [1.165, 1.54) is 55.3 Å². The topological polar surface area (TPSA) is 12.4 Å². The number of rotatable bonds is 1. The van der Waals surface area contributed by atoms with Crippen molar-refractivity contribution in [2.45, 2.75) is 45.4 Å². The number of benzene rings is 1.